The van der Waals surface area contributed by atoms with Crippen molar-refractivity contribution in [3.8, 4) is 0 Å². The molecule has 0 spiro atoms. The number of likely N-dealkylation sites (N-methyl/N-ethyl adjacent to an activating group) is 1. The van der Waals surface area contributed by atoms with Crippen molar-refractivity contribution in [2.24, 2.45) is 0 Å². The minimum absolute atomic E-state index is 0.0171. The first kappa shape index (κ1) is 54.7. The van der Waals surface area contributed by atoms with E-state index in [0.29, 0.717) is 30.3 Å². The number of rotatable bonds is 39. The number of ether oxygens (including phenoxy) is 2. The molecule has 0 aromatic heterocycles. The Morgan fingerprint density at radius 1 is 0.667 bits per heavy atom. The summed E-state index contributed by atoms with van der Waals surface area (Å²) >= 11 is 0. The lowest BCUT2D eigenvalue weighted by Crippen LogP contribution is -2.37. The SMILES string of the molecule is CCCCC/C=C\C[C@@H](O)/C=C/C=C/C=C\[C@@H](O)CCCC(=O)OC[C@H](COP(=O)([O-])OCC[N+](C)(C)C)O/C=C/CCCCCCCC/C=C\CCCCCC. The maximum absolute atomic E-state index is 12.5. The molecule has 2 N–H and O–H groups in total. The van der Waals surface area contributed by atoms with E-state index in [1.54, 1.807) is 36.5 Å². The molecule has 1 unspecified atom stereocenters. The van der Waals surface area contributed by atoms with Crippen LogP contribution in [0.3, 0.4) is 0 Å². The number of esters is 1. The van der Waals surface area contributed by atoms with Crippen LogP contribution in [0.15, 0.2) is 73.1 Å². The van der Waals surface area contributed by atoms with Gasteiger partial charge in [0.05, 0.1) is 46.2 Å². The highest BCUT2D eigenvalue weighted by molar-refractivity contribution is 7.45. The lowest BCUT2D eigenvalue weighted by atomic mass is 10.1. The van der Waals surface area contributed by atoms with E-state index in [0.717, 1.165) is 25.7 Å². The fourth-order valence-electron chi connectivity index (χ4n) is 5.42. The van der Waals surface area contributed by atoms with Crippen LogP contribution >= 0.6 is 7.82 Å². The van der Waals surface area contributed by atoms with Gasteiger partial charge in [-0.1, -0.05) is 132 Å². The molecule has 0 saturated carbocycles. The van der Waals surface area contributed by atoms with Crippen LogP contribution in [0.1, 0.15) is 149 Å². The lowest BCUT2D eigenvalue weighted by Gasteiger charge is -2.28. The molecule has 0 aliphatic rings. The smallest absolute Gasteiger partial charge is 0.305 e. The number of aliphatic hydroxyl groups is 2. The number of hydrogen-bond acceptors (Lipinski definition) is 9. The van der Waals surface area contributed by atoms with Crippen molar-refractivity contribution >= 4 is 13.8 Å². The molecule has 0 aromatic carbocycles. The van der Waals surface area contributed by atoms with Crippen LogP contribution in [-0.2, 0) is 27.9 Å². The van der Waals surface area contributed by atoms with Gasteiger partial charge < -0.3 is 38.1 Å². The molecule has 11 heteroatoms. The van der Waals surface area contributed by atoms with Gasteiger partial charge in [0.25, 0.3) is 7.82 Å². The van der Waals surface area contributed by atoms with Crippen molar-refractivity contribution in [3.05, 3.63) is 73.1 Å². The largest absolute Gasteiger partial charge is 0.756 e. The van der Waals surface area contributed by atoms with Gasteiger partial charge in [0.15, 0.2) is 6.10 Å². The number of carbonyl (C=O) groups is 1. The lowest BCUT2D eigenvalue weighted by molar-refractivity contribution is -0.870. The molecule has 0 aliphatic carbocycles. The Morgan fingerprint density at radius 2 is 1.19 bits per heavy atom. The van der Waals surface area contributed by atoms with Gasteiger partial charge in [0, 0.05) is 6.42 Å². The second-order valence-corrected chi connectivity index (χ2v) is 17.2. The molecule has 0 heterocycles. The average molecular weight is 824 g/mol. The second-order valence-electron chi connectivity index (χ2n) is 15.8. The number of allylic oxidation sites excluding steroid dienone is 8. The Bertz CT molecular complexity index is 1170. The Hall–Kier alpha value is -2.30. The fraction of sp³-hybridized carbons (Fsp3) is 0.717. The molecule has 0 amide bonds. The molecule has 0 rings (SSSR count). The van der Waals surface area contributed by atoms with Gasteiger partial charge >= 0.3 is 5.97 Å². The standard InChI is InChI=1S/C46H82NO9P/c1-6-8-10-12-14-15-16-17-18-19-20-21-22-23-27-31-39-53-45(42-56-57(51,52)55-40-38-47(3,4)5)41-54-46(50)37-32-36-44(49)35-30-26-25-29-34-43(48)33-28-24-13-11-9-7-2/h15-16,24-26,28-31,34-35,39,43-45,48-49H,6-14,17-23,27,32-33,36-38,40-42H2,1-5H3/b16-15-,26-25+,28-24-,34-29+,35-30-,39-31+/t43-,44-,45-/m1/s1. The Kier molecular flexibility index (Phi) is 36.4. The summed E-state index contributed by atoms with van der Waals surface area (Å²) in [6.45, 7) is 4.33. The van der Waals surface area contributed by atoms with Crippen molar-refractivity contribution < 1.29 is 47.5 Å². The molecule has 0 fully saturated rings. The number of hydrogen-bond donors (Lipinski definition) is 2. The highest BCUT2D eigenvalue weighted by atomic mass is 31.2. The molecule has 10 nitrogen and oxygen atoms in total. The molecule has 0 aliphatic heterocycles. The minimum atomic E-state index is -4.58. The fourth-order valence-corrected chi connectivity index (χ4v) is 6.15. The van der Waals surface area contributed by atoms with Gasteiger partial charge in [-0.25, -0.2) is 0 Å². The average Bonchev–Trinajstić information content (AvgIpc) is 3.15. The maximum atomic E-state index is 12.5. The van der Waals surface area contributed by atoms with Crippen LogP contribution in [0.4, 0.5) is 0 Å². The number of nitrogens with zero attached hydrogens (tertiary/aromatic N) is 1. The van der Waals surface area contributed by atoms with Gasteiger partial charge in [-0.3, -0.25) is 9.36 Å². The zero-order valence-electron chi connectivity index (χ0n) is 36.5. The van der Waals surface area contributed by atoms with Crippen LogP contribution in [0.2, 0.25) is 0 Å². The van der Waals surface area contributed by atoms with E-state index in [-0.39, 0.29) is 26.2 Å². The molecular weight excluding hydrogens is 741 g/mol. The third-order valence-corrected chi connectivity index (χ3v) is 9.97. The van der Waals surface area contributed by atoms with Gasteiger partial charge in [-0.2, -0.15) is 0 Å². The Balaban J connectivity index is 4.57. The van der Waals surface area contributed by atoms with Gasteiger partial charge in [-0.15, -0.1) is 0 Å². The predicted octanol–water partition coefficient (Wildman–Crippen LogP) is 10.4. The third kappa shape index (κ3) is 41.7. The summed E-state index contributed by atoms with van der Waals surface area (Å²) < 4.78 is 34.1. The molecule has 330 valence electrons. The van der Waals surface area contributed by atoms with E-state index in [2.05, 4.69) is 32.1 Å². The summed E-state index contributed by atoms with van der Waals surface area (Å²) in [5.41, 5.74) is 0. The number of unbranched alkanes of at least 4 members (excludes halogenated alkanes) is 14. The minimum Gasteiger partial charge on any atom is -0.756 e. The van der Waals surface area contributed by atoms with Crippen molar-refractivity contribution in [2.45, 2.75) is 167 Å². The molecule has 57 heavy (non-hydrogen) atoms. The van der Waals surface area contributed by atoms with E-state index in [1.165, 1.54) is 89.7 Å². The number of phosphoric ester groups is 1. The summed E-state index contributed by atoms with van der Waals surface area (Å²) in [6.07, 6.45) is 42.1. The predicted molar refractivity (Wildman–Crippen MR) is 233 cm³/mol. The zero-order valence-corrected chi connectivity index (χ0v) is 37.4. The Labute approximate surface area is 348 Å². The van der Waals surface area contributed by atoms with Crippen molar-refractivity contribution in [3.63, 3.8) is 0 Å². The highest BCUT2D eigenvalue weighted by Gasteiger charge is 2.19. The van der Waals surface area contributed by atoms with Crippen LogP contribution in [0, 0.1) is 0 Å². The van der Waals surface area contributed by atoms with Crippen LogP contribution < -0.4 is 4.89 Å². The first-order valence-electron chi connectivity index (χ1n) is 21.9. The quantitative estimate of drug-likeness (QED) is 0.0118. The van der Waals surface area contributed by atoms with Crippen LogP contribution in [0.25, 0.3) is 0 Å². The Morgan fingerprint density at radius 3 is 1.81 bits per heavy atom. The summed E-state index contributed by atoms with van der Waals surface area (Å²) in [5, 5.41) is 20.3. The number of carbonyl (C=O) groups excluding carboxylic acids is 1. The van der Waals surface area contributed by atoms with Crippen LogP contribution in [0.5, 0.6) is 0 Å². The number of quaternary nitrogens is 1. The normalized spacial score (nSPS) is 15.5. The van der Waals surface area contributed by atoms with E-state index >= 15 is 0 Å². The maximum Gasteiger partial charge on any atom is 0.305 e. The van der Waals surface area contributed by atoms with E-state index in [4.69, 9.17) is 18.5 Å². The second kappa shape index (κ2) is 37.9. The van der Waals surface area contributed by atoms with E-state index in [9.17, 15) is 24.5 Å². The molecule has 4 atom stereocenters. The summed E-state index contributed by atoms with van der Waals surface area (Å²) in [5.74, 6) is -0.480. The third-order valence-electron chi connectivity index (χ3n) is 9.01. The van der Waals surface area contributed by atoms with Gasteiger partial charge in [-0.05, 0) is 76.7 Å². The van der Waals surface area contributed by atoms with Gasteiger partial charge in [0.2, 0.25) is 0 Å². The molecule has 0 aromatic rings. The van der Waals surface area contributed by atoms with Crippen molar-refractivity contribution in [2.75, 3.05) is 47.5 Å². The zero-order chi connectivity index (χ0) is 42.3. The van der Waals surface area contributed by atoms with Crippen LogP contribution in [-0.4, -0.2) is 86.5 Å². The summed E-state index contributed by atoms with van der Waals surface area (Å²) in [7, 11) is 1.21. The van der Waals surface area contributed by atoms with Gasteiger partial charge in [0.1, 0.15) is 19.8 Å². The van der Waals surface area contributed by atoms with Crippen molar-refractivity contribution in [1.82, 2.24) is 0 Å². The van der Waals surface area contributed by atoms with Crippen molar-refractivity contribution in [1.29, 1.82) is 0 Å². The highest BCUT2D eigenvalue weighted by Crippen LogP contribution is 2.38. The molecule has 0 saturated heterocycles. The summed E-state index contributed by atoms with van der Waals surface area (Å²) in [6, 6.07) is 0. The molecular formula is C46H82NO9P. The topological polar surface area (TPSA) is 135 Å². The number of aliphatic hydroxyl groups excluding tert-OH is 2. The van der Waals surface area contributed by atoms with E-state index in [1.807, 2.05) is 33.3 Å². The molecule has 0 radical (unpaired) electrons. The monoisotopic (exact) mass is 824 g/mol. The first-order chi connectivity index (χ1) is 27.4. The first-order valence-corrected chi connectivity index (χ1v) is 23.4. The number of phosphoric acid groups is 1. The summed E-state index contributed by atoms with van der Waals surface area (Å²) in [4.78, 5) is 24.8. The van der Waals surface area contributed by atoms with E-state index < -0.39 is 32.1 Å². The molecule has 0 bridgehead atoms.